The second-order valence-corrected chi connectivity index (χ2v) is 6.19. The van der Waals surface area contributed by atoms with Crippen LogP contribution in [0, 0.1) is 0 Å². The monoisotopic (exact) mass is 372 g/mol. The molecule has 0 radical (unpaired) electrons. The number of hydrogen-bond acceptors (Lipinski definition) is 5. The molecule has 7 heteroatoms. The SMILES string of the molecule is CCN(CC)Cc1ccccc1CNC(=O)c1ccc(=O)n(CCOC)n1. The van der Waals surface area contributed by atoms with Gasteiger partial charge in [-0.05, 0) is 30.3 Å². The number of carbonyl (C=O) groups excluding carboxylic acids is 1. The predicted molar refractivity (Wildman–Crippen MR) is 105 cm³/mol. The van der Waals surface area contributed by atoms with E-state index in [1.807, 2.05) is 18.2 Å². The van der Waals surface area contributed by atoms with E-state index in [1.54, 1.807) is 7.11 Å². The highest BCUT2D eigenvalue weighted by atomic mass is 16.5. The minimum absolute atomic E-state index is 0.215. The van der Waals surface area contributed by atoms with E-state index in [0.29, 0.717) is 19.7 Å². The molecule has 0 aliphatic carbocycles. The maximum atomic E-state index is 12.5. The van der Waals surface area contributed by atoms with E-state index < -0.39 is 0 Å². The summed E-state index contributed by atoms with van der Waals surface area (Å²) < 4.78 is 6.21. The zero-order valence-corrected chi connectivity index (χ0v) is 16.3. The summed E-state index contributed by atoms with van der Waals surface area (Å²) in [6.07, 6.45) is 0. The summed E-state index contributed by atoms with van der Waals surface area (Å²) in [7, 11) is 1.55. The number of benzene rings is 1. The van der Waals surface area contributed by atoms with Crippen LogP contribution >= 0.6 is 0 Å². The number of ether oxygens (including phenoxy) is 1. The second kappa shape index (κ2) is 10.6. The molecule has 146 valence electrons. The average molecular weight is 372 g/mol. The van der Waals surface area contributed by atoms with Gasteiger partial charge in [0.25, 0.3) is 11.5 Å². The lowest BCUT2D eigenvalue weighted by molar-refractivity contribution is 0.0942. The average Bonchev–Trinajstić information content (AvgIpc) is 2.70. The van der Waals surface area contributed by atoms with Crippen molar-refractivity contribution >= 4 is 5.91 Å². The first-order valence-electron chi connectivity index (χ1n) is 9.23. The lowest BCUT2D eigenvalue weighted by Gasteiger charge is -2.20. The van der Waals surface area contributed by atoms with Crippen LogP contribution in [-0.2, 0) is 24.4 Å². The first-order chi connectivity index (χ1) is 13.1. The highest BCUT2D eigenvalue weighted by Crippen LogP contribution is 2.12. The summed E-state index contributed by atoms with van der Waals surface area (Å²) in [4.78, 5) is 26.6. The summed E-state index contributed by atoms with van der Waals surface area (Å²) in [5.74, 6) is -0.307. The van der Waals surface area contributed by atoms with E-state index in [0.717, 1.165) is 25.2 Å². The Kier molecular flexibility index (Phi) is 8.16. The molecule has 27 heavy (non-hydrogen) atoms. The molecule has 0 saturated carbocycles. The number of amides is 1. The van der Waals surface area contributed by atoms with Gasteiger partial charge >= 0.3 is 0 Å². The van der Waals surface area contributed by atoms with Crippen molar-refractivity contribution in [3.05, 3.63) is 63.6 Å². The zero-order chi connectivity index (χ0) is 19.6. The molecule has 0 unspecified atom stereocenters. The van der Waals surface area contributed by atoms with Gasteiger partial charge in [0.15, 0.2) is 0 Å². The van der Waals surface area contributed by atoms with Crippen molar-refractivity contribution in [3.63, 3.8) is 0 Å². The zero-order valence-electron chi connectivity index (χ0n) is 16.3. The van der Waals surface area contributed by atoms with Crippen LogP contribution in [0.3, 0.4) is 0 Å². The quantitative estimate of drug-likeness (QED) is 0.686. The Morgan fingerprint density at radius 1 is 1.15 bits per heavy atom. The van der Waals surface area contributed by atoms with Crippen LogP contribution in [0.15, 0.2) is 41.2 Å². The molecule has 0 aliphatic heterocycles. The van der Waals surface area contributed by atoms with Crippen molar-refractivity contribution in [3.8, 4) is 0 Å². The minimum atomic E-state index is -0.307. The molecule has 0 aliphatic rings. The third-order valence-electron chi connectivity index (χ3n) is 4.45. The molecule has 1 amide bonds. The molecule has 1 aromatic heterocycles. The number of carbonyl (C=O) groups is 1. The van der Waals surface area contributed by atoms with E-state index >= 15 is 0 Å². The van der Waals surface area contributed by atoms with Crippen molar-refractivity contribution in [1.82, 2.24) is 20.0 Å². The van der Waals surface area contributed by atoms with E-state index in [-0.39, 0.29) is 17.2 Å². The lowest BCUT2D eigenvalue weighted by atomic mass is 10.1. The number of nitrogens with zero attached hydrogens (tertiary/aromatic N) is 3. The first-order valence-corrected chi connectivity index (χ1v) is 9.23. The highest BCUT2D eigenvalue weighted by molar-refractivity contribution is 5.91. The smallest absolute Gasteiger partial charge is 0.271 e. The van der Waals surface area contributed by atoms with Gasteiger partial charge in [-0.15, -0.1) is 0 Å². The summed E-state index contributed by atoms with van der Waals surface area (Å²) in [5, 5.41) is 7.02. The van der Waals surface area contributed by atoms with E-state index in [9.17, 15) is 9.59 Å². The molecule has 0 bridgehead atoms. The fourth-order valence-electron chi connectivity index (χ4n) is 2.75. The number of nitrogens with one attached hydrogen (secondary N) is 1. The lowest BCUT2D eigenvalue weighted by Crippen LogP contribution is -2.30. The first kappa shape index (κ1) is 20.8. The van der Waals surface area contributed by atoms with Crippen molar-refractivity contribution in [2.45, 2.75) is 33.5 Å². The van der Waals surface area contributed by atoms with Crippen molar-refractivity contribution < 1.29 is 9.53 Å². The van der Waals surface area contributed by atoms with E-state index in [2.05, 4.69) is 35.2 Å². The Balaban J connectivity index is 2.07. The standard InChI is InChI=1S/C20H28N4O3/c1-4-23(5-2)15-17-9-7-6-8-16(17)14-21-20(26)18-10-11-19(25)24(22-18)12-13-27-3/h6-11H,4-5,12-15H2,1-3H3,(H,21,26). The summed E-state index contributed by atoms with van der Waals surface area (Å²) in [5.41, 5.74) is 2.23. The molecule has 2 aromatic rings. The molecule has 1 aromatic carbocycles. The Hall–Kier alpha value is -2.51. The Morgan fingerprint density at radius 2 is 1.85 bits per heavy atom. The van der Waals surface area contributed by atoms with Crippen molar-refractivity contribution in [2.75, 3.05) is 26.8 Å². The molecular weight excluding hydrogens is 344 g/mol. The number of rotatable bonds is 10. The molecule has 7 nitrogen and oxygen atoms in total. The number of aromatic nitrogens is 2. The fraction of sp³-hybridized carbons (Fsp3) is 0.450. The maximum Gasteiger partial charge on any atom is 0.271 e. The fourth-order valence-corrected chi connectivity index (χ4v) is 2.75. The predicted octanol–water partition coefficient (Wildman–Crippen LogP) is 1.66. The highest BCUT2D eigenvalue weighted by Gasteiger charge is 2.11. The van der Waals surface area contributed by atoms with Crippen LogP contribution in [0.2, 0.25) is 0 Å². The summed E-state index contributed by atoms with van der Waals surface area (Å²) in [6, 6.07) is 10.9. The van der Waals surface area contributed by atoms with Gasteiger partial charge in [0.05, 0.1) is 13.2 Å². The molecule has 2 rings (SSSR count). The van der Waals surface area contributed by atoms with Gasteiger partial charge in [0.1, 0.15) is 5.69 Å². The second-order valence-electron chi connectivity index (χ2n) is 6.19. The van der Waals surface area contributed by atoms with Crippen LogP contribution in [0.1, 0.15) is 35.5 Å². The third-order valence-corrected chi connectivity index (χ3v) is 4.45. The molecule has 0 fully saturated rings. The molecule has 1 heterocycles. The maximum absolute atomic E-state index is 12.5. The van der Waals surface area contributed by atoms with Gasteiger partial charge in [0.2, 0.25) is 0 Å². The normalized spacial score (nSPS) is 11.0. The van der Waals surface area contributed by atoms with Crippen LogP contribution in [0.25, 0.3) is 0 Å². The third kappa shape index (κ3) is 6.01. The van der Waals surface area contributed by atoms with Gasteiger partial charge in [-0.3, -0.25) is 14.5 Å². The van der Waals surface area contributed by atoms with Crippen LogP contribution in [-0.4, -0.2) is 47.4 Å². The van der Waals surface area contributed by atoms with Crippen LogP contribution < -0.4 is 10.9 Å². The topological polar surface area (TPSA) is 76.5 Å². The van der Waals surface area contributed by atoms with Crippen LogP contribution in [0.5, 0.6) is 0 Å². The number of methoxy groups -OCH3 is 1. The Labute approximate surface area is 160 Å². The van der Waals surface area contributed by atoms with Gasteiger partial charge in [-0.1, -0.05) is 38.1 Å². The van der Waals surface area contributed by atoms with Gasteiger partial charge in [0, 0.05) is 26.3 Å². The van der Waals surface area contributed by atoms with Gasteiger partial charge < -0.3 is 10.1 Å². The summed E-state index contributed by atoms with van der Waals surface area (Å²) >= 11 is 0. The summed E-state index contributed by atoms with van der Waals surface area (Å²) in [6.45, 7) is 8.15. The molecule has 0 saturated heterocycles. The van der Waals surface area contributed by atoms with Crippen molar-refractivity contribution in [2.24, 2.45) is 0 Å². The number of hydrogen-bond donors (Lipinski definition) is 1. The largest absolute Gasteiger partial charge is 0.383 e. The minimum Gasteiger partial charge on any atom is -0.383 e. The Morgan fingerprint density at radius 3 is 2.52 bits per heavy atom. The molecule has 0 spiro atoms. The van der Waals surface area contributed by atoms with E-state index in [1.165, 1.54) is 22.4 Å². The van der Waals surface area contributed by atoms with Gasteiger partial charge in [-0.2, -0.15) is 5.10 Å². The molecular formula is C20H28N4O3. The van der Waals surface area contributed by atoms with Gasteiger partial charge in [-0.25, -0.2) is 4.68 Å². The Bertz CT molecular complexity index is 800. The van der Waals surface area contributed by atoms with Crippen LogP contribution in [0.4, 0.5) is 0 Å². The molecule has 0 atom stereocenters. The molecule has 1 N–H and O–H groups in total. The van der Waals surface area contributed by atoms with E-state index in [4.69, 9.17) is 4.74 Å². The van der Waals surface area contributed by atoms with Crippen molar-refractivity contribution in [1.29, 1.82) is 0 Å².